The van der Waals surface area contributed by atoms with Crippen molar-refractivity contribution in [3.05, 3.63) is 96.2 Å². The summed E-state index contributed by atoms with van der Waals surface area (Å²) >= 11 is 6.48. The van der Waals surface area contributed by atoms with Crippen LogP contribution in [0.4, 0.5) is 15.9 Å². The van der Waals surface area contributed by atoms with E-state index in [0.717, 1.165) is 9.69 Å². The predicted molar refractivity (Wildman–Crippen MR) is 131 cm³/mol. The highest BCUT2D eigenvalue weighted by Gasteiger charge is 2.32. The van der Waals surface area contributed by atoms with Gasteiger partial charge in [0.25, 0.3) is 10.0 Å². The first-order chi connectivity index (χ1) is 16.9. The Labute approximate surface area is 205 Å². The number of benzene rings is 3. The van der Waals surface area contributed by atoms with Crippen LogP contribution in [0.3, 0.4) is 0 Å². The predicted octanol–water partition coefficient (Wildman–Crippen LogP) is 6.22. The number of fused-ring (bicyclic) bond motifs is 1. The molecule has 10 heteroatoms. The molecule has 0 spiro atoms. The first-order valence-electron chi connectivity index (χ1n) is 10.3. The van der Waals surface area contributed by atoms with Crippen molar-refractivity contribution in [1.82, 2.24) is 10.1 Å². The van der Waals surface area contributed by atoms with Gasteiger partial charge in [-0.3, -0.25) is 4.98 Å². The Hall–Kier alpha value is -3.95. The Morgan fingerprint density at radius 1 is 1.03 bits per heavy atom. The summed E-state index contributed by atoms with van der Waals surface area (Å²) in [6.45, 7) is 0. The molecular weight excluding hydrogens is 493 g/mol. The van der Waals surface area contributed by atoms with Crippen molar-refractivity contribution in [2.75, 3.05) is 11.4 Å². The average Bonchev–Trinajstić information content (AvgIpc) is 3.38. The molecule has 0 N–H and O–H groups in total. The van der Waals surface area contributed by atoms with E-state index in [1.807, 2.05) is 0 Å². The number of halogens is 2. The van der Waals surface area contributed by atoms with Gasteiger partial charge in [0, 0.05) is 35.5 Å². The number of pyridine rings is 1. The van der Waals surface area contributed by atoms with Gasteiger partial charge in [0.1, 0.15) is 23.5 Å². The minimum absolute atomic E-state index is 0.00522. The summed E-state index contributed by atoms with van der Waals surface area (Å²) < 4.78 is 53.4. The Balaban J connectivity index is 1.75. The second kappa shape index (κ2) is 9.01. The van der Waals surface area contributed by atoms with E-state index in [1.165, 1.54) is 49.8 Å². The molecule has 0 aliphatic heterocycles. The standard InChI is InChI=1S/C25H17ClFN3O4S/c1-33-24-14-22(26)21(17-3-2-4-19(27)11-17)13-23(24)30(25-8-10-34-29-25)35(31,32)20-6-5-18-15-28-9-7-16(18)12-20/h2-15H,1H3. The average molecular weight is 510 g/mol. The maximum Gasteiger partial charge on any atom is 0.270 e. The van der Waals surface area contributed by atoms with Crippen LogP contribution in [0.15, 0.2) is 94.8 Å². The van der Waals surface area contributed by atoms with Crippen LogP contribution in [-0.4, -0.2) is 25.7 Å². The molecule has 0 bridgehead atoms. The highest BCUT2D eigenvalue weighted by Crippen LogP contribution is 2.43. The highest BCUT2D eigenvalue weighted by atomic mass is 35.5. The number of ether oxygens (including phenoxy) is 1. The quantitative estimate of drug-likeness (QED) is 0.270. The molecule has 5 rings (SSSR count). The fraction of sp³-hybridized carbons (Fsp3) is 0.0400. The van der Waals surface area contributed by atoms with Gasteiger partial charge >= 0.3 is 0 Å². The number of nitrogens with zero attached hydrogens (tertiary/aromatic N) is 3. The minimum atomic E-state index is -4.23. The van der Waals surface area contributed by atoms with Gasteiger partial charge in [-0.05, 0) is 47.3 Å². The molecule has 176 valence electrons. The second-order valence-corrected chi connectivity index (χ2v) is 9.72. The zero-order valence-electron chi connectivity index (χ0n) is 18.2. The van der Waals surface area contributed by atoms with E-state index in [4.69, 9.17) is 20.9 Å². The van der Waals surface area contributed by atoms with Crippen LogP contribution in [0.5, 0.6) is 5.75 Å². The zero-order chi connectivity index (χ0) is 24.6. The van der Waals surface area contributed by atoms with Crippen molar-refractivity contribution >= 4 is 43.9 Å². The molecule has 35 heavy (non-hydrogen) atoms. The van der Waals surface area contributed by atoms with Gasteiger partial charge in [0.15, 0.2) is 5.82 Å². The second-order valence-electron chi connectivity index (χ2n) is 7.53. The van der Waals surface area contributed by atoms with Crippen molar-refractivity contribution < 1.29 is 22.1 Å². The van der Waals surface area contributed by atoms with Crippen molar-refractivity contribution in [1.29, 1.82) is 0 Å². The lowest BCUT2D eigenvalue weighted by molar-refractivity contribution is 0.414. The Bertz CT molecular complexity index is 1640. The smallest absolute Gasteiger partial charge is 0.270 e. The molecule has 0 unspecified atom stereocenters. The Morgan fingerprint density at radius 2 is 1.89 bits per heavy atom. The molecule has 0 saturated heterocycles. The van der Waals surface area contributed by atoms with Crippen molar-refractivity contribution in [3.63, 3.8) is 0 Å². The number of hydrogen-bond acceptors (Lipinski definition) is 6. The van der Waals surface area contributed by atoms with Crippen LogP contribution in [0.2, 0.25) is 5.02 Å². The van der Waals surface area contributed by atoms with E-state index in [-0.39, 0.29) is 27.2 Å². The first kappa shape index (κ1) is 22.8. The molecule has 0 atom stereocenters. The van der Waals surface area contributed by atoms with Crippen molar-refractivity contribution in [2.45, 2.75) is 4.90 Å². The normalized spacial score (nSPS) is 11.5. The largest absolute Gasteiger partial charge is 0.494 e. The molecule has 3 aromatic carbocycles. The zero-order valence-corrected chi connectivity index (χ0v) is 19.8. The molecule has 0 fully saturated rings. The number of methoxy groups -OCH3 is 1. The van der Waals surface area contributed by atoms with Crippen LogP contribution < -0.4 is 9.04 Å². The molecule has 0 aliphatic carbocycles. The summed E-state index contributed by atoms with van der Waals surface area (Å²) in [4.78, 5) is 4.08. The lowest BCUT2D eigenvalue weighted by atomic mass is 10.0. The van der Waals surface area contributed by atoms with E-state index in [1.54, 1.807) is 42.7 Å². The van der Waals surface area contributed by atoms with Crippen LogP contribution in [0.25, 0.3) is 21.9 Å². The van der Waals surface area contributed by atoms with E-state index >= 15 is 0 Å². The lowest BCUT2D eigenvalue weighted by Crippen LogP contribution is -2.27. The van der Waals surface area contributed by atoms with Gasteiger partial charge in [-0.2, -0.15) is 0 Å². The topological polar surface area (TPSA) is 85.5 Å². The Morgan fingerprint density at radius 3 is 2.63 bits per heavy atom. The number of aromatic nitrogens is 2. The molecule has 0 saturated carbocycles. The molecule has 2 aromatic heterocycles. The summed E-state index contributed by atoms with van der Waals surface area (Å²) in [5.41, 5.74) is 1.00. The molecule has 7 nitrogen and oxygen atoms in total. The maximum absolute atomic E-state index is 14.0. The van der Waals surface area contributed by atoms with E-state index in [9.17, 15) is 12.8 Å². The van der Waals surface area contributed by atoms with Crippen LogP contribution in [-0.2, 0) is 10.0 Å². The van der Waals surface area contributed by atoms with Crippen LogP contribution in [0.1, 0.15) is 0 Å². The first-order valence-corrected chi connectivity index (χ1v) is 12.1. The number of sulfonamides is 1. The van der Waals surface area contributed by atoms with Gasteiger partial charge in [0.05, 0.1) is 17.0 Å². The minimum Gasteiger partial charge on any atom is -0.494 e. The maximum atomic E-state index is 14.0. The van der Waals surface area contributed by atoms with E-state index in [0.29, 0.717) is 16.5 Å². The highest BCUT2D eigenvalue weighted by molar-refractivity contribution is 7.93. The van der Waals surface area contributed by atoms with Crippen molar-refractivity contribution in [3.8, 4) is 16.9 Å². The Kier molecular flexibility index (Phi) is 5.88. The lowest BCUT2D eigenvalue weighted by Gasteiger charge is -2.25. The summed E-state index contributed by atoms with van der Waals surface area (Å²) in [5.74, 6) is -0.278. The SMILES string of the molecule is COc1cc(Cl)c(-c2cccc(F)c2)cc1N(c1ccon1)S(=O)(=O)c1ccc2cnccc2c1. The summed E-state index contributed by atoms with van der Waals surface area (Å²) in [6.07, 6.45) is 4.50. The van der Waals surface area contributed by atoms with E-state index in [2.05, 4.69) is 10.1 Å². The van der Waals surface area contributed by atoms with Gasteiger partial charge in [0.2, 0.25) is 0 Å². The van der Waals surface area contributed by atoms with Gasteiger partial charge in [-0.15, -0.1) is 0 Å². The fourth-order valence-electron chi connectivity index (χ4n) is 3.76. The third-order valence-electron chi connectivity index (χ3n) is 5.41. The van der Waals surface area contributed by atoms with Crippen molar-refractivity contribution in [2.24, 2.45) is 0 Å². The van der Waals surface area contributed by atoms with Crippen LogP contribution in [0, 0.1) is 5.82 Å². The van der Waals surface area contributed by atoms with Gasteiger partial charge in [-0.25, -0.2) is 17.1 Å². The molecule has 0 amide bonds. The molecule has 0 aliphatic rings. The third-order valence-corrected chi connectivity index (χ3v) is 7.43. The van der Waals surface area contributed by atoms with Gasteiger partial charge in [-0.1, -0.05) is 35.0 Å². The van der Waals surface area contributed by atoms with E-state index < -0.39 is 15.8 Å². The number of rotatable bonds is 6. The monoisotopic (exact) mass is 509 g/mol. The van der Waals surface area contributed by atoms with Gasteiger partial charge < -0.3 is 9.26 Å². The molecule has 2 heterocycles. The van der Waals surface area contributed by atoms with Crippen LogP contribution >= 0.6 is 11.6 Å². The molecular formula is C25H17ClFN3O4S. The third kappa shape index (κ3) is 4.20. The fourth-order valence-corrected chi connectivity index (χ4v) is 5.49. The summed E-state index contributed by atoms with van der Waals surface area (Å²) in [7, 11) is -2.83. The summed E-state index contributed by atoms with van der Waals surface area (Å²) in [5, 5.41) is 5.62. The summed E-state index contributed by atoms with van der Waals surface area (Å²) in [6, 6.07) is 16.7. The molecule has 5 aromatic rings. The number of anilines is 2. The molecule has 0 radical (unpaired) electrons. The number of hydrogen-bond donors (Lipinski definition) is 0.